The summed E-state index contributed by atoms with van der Waals surface area (Å²) in [4.78, 5) is 0. The molecular formula is C25H28NO2+. The van der Waals surface area contributed by atoms with E-state index in [-0.39, 0.29) is 0 Å². The molecule has 0 aliphatic heterocycles. The first-order valence-electron chi connectivity index (χ1n) is 9.67. The van der Waals surface area contributed by atoms with Crippen molar-refractivity contribution in [2.24, 2.45) is 5.92 Å². The van der Waals surface area contributed by atoms with Crippen molar-refractivity contribution < 1.29 is 14.0 Å². The molecule has 1 heterocycles. The van der Waals surface area contributed by atoms with Gasteiger partial charge in [0.05, 0.1) is 7.11 Å². The largest absolute Gasteiger partial charge is 0.493 e. The first-order chi connectivity index (χ1) is 13.7. The molecule has 0 fully saturated rings. The molecule has 0 spiro atoms. The fraction of sp³-hybridized carbons (Fsp3) is 0.240. The molecule has 2 aromatic carbocycles. The molecule has 0 saturated heterocycles. The molecule has 0 aliphatic rings. The Hall–Kier alpha value is -3.07. The average Bonchev–Trinajstić information content (AvgIpc) is 2.72. The minimum Gasteiger partial charge on any atom is -0.493 e. The summed E-state index contributed by atoms with van der Waals surface area (Å²) in [5, 5.41) is 0. The predicted octanol–water partition coefficient (Wildman–Crippen LogP) is 5.39. The molecule has 0 radical (unpaired) electrons. The fourth-order valence-corrected chi connectivity index (χ4v) is 3.03. The quantitative estimate of drug-likeness (QED) is 0.493. The van der Waals surface area contributed by atoms with Crippen molar-refractivity contribution >= 4 is 12.2 Å². The highest BCUT2D eigenvalue weighted by molar-refractivity contribution is 5.68. The summed E-state index contributed by atoms with van der Waals surface area (Å²) in [5.41, 5.74) is 3.38. The van der Waals surface area contributed by atoms with Gasteiger partial charge in [-0.1, -0.05) is 50.2 Å². The van der Waals surface area contributed by atoms with Crippen LogP contribution in [0.4, 0.5) is 0 Å². The highest BCUT2D eigenvalue weighted by Gasteiger charge is 2.09. The fourth-order valence-electron chi connectivity index (χ4n) is 3.03. The molecule has 3 rings (SSSR count). The van der Waals surface area contributed by atoms with Crippen LogP contribution in [0.3, 0.4) is 0 Å². The molecule has 0 unspecified atom stereocenters. The third kappa shape index (κ3) is 5.46. The number of nitrogens with zero attached hydrogens (tertiary/aromatic N) is 1. The van der Waals surface area contributed by atoms with Gasteiger partial charge in [0.1, 0.15) is 6.61 Å². The second-order valence-corrected chi connectivity index (χ2v) is 7.19. The van der Waals surface area contributed by atoms with E-state index < -0.39 is 0 Å². The van der Waals surface area contributed by atoms with Gasteiger partial charge < -0.3 is 9.47 Å². The van der Waals surface area contributed by atoms with E-state index >= 15 is 0 Å². The predicted molar refractivity (Wildman–Crippen MR) is 114 cm³/mol. The van der Waals surface area contributed by atoms with Crippen molar-refractivity contribution in [2.45, 2.75) is 27.0 Å². The van der Waals surface area contributed by atoms with E-state index in [1.54, 1.807) is 7.11 Å². The van der Waals surface area contributed by atoms with E-state index in [2.05, 4.69) is 67.1 Å². The Morgan fingerprint density at radius 2 is 1.68 bits per heavy atom. The van der Waals surface area contributed by atoms with Gasteiger partial charge in [-0.2, -0.15) is 4.57 Å². The lowest BCUT2D eigenvalue weighted by Gasteiger charge is -2.11. The van der Waals surface area contributed by atoms with Crippen molar-refractivity contribution in [3.8, 4) is 11.5 Å². The summed E-state index contributed by atoms with van der Waals surface area (Å²) in [6, 6.07) is 22.4. The molecule has 0 amide bonds. The molecule has 0 aliphatic carbocycles. The Morgan fingerprint density at radius 1 is 0.893 bits per heavy atom. The maximum absolute atomic E-state index is 6.02. The van der Waals surface area contributed by atoms with Gasteiger partial charge in [-0.25, -0.2) is 0 Å². The normalized spacial score (nSPS) is 11.1. The maximum Gasteiger partial charge on any atom is 0.205 e. The first kappa shape index (κ1) is 19.7. The Morgan fingerprint density at radius 3 is 2.43 bits per heavy atom. The van der Waals surface area contributed by atoms with Gasteiger partial charge in [-0.3, -0.25) is 0 Å². The second kappa shape index (κ2) is 9.75. The van der Waals surface area contributed by atoms with E-state index in [9.17, 15) is 0 Å². The third-order valence-corrected chi connectivity index (χ3v) is 4.41. The molecular weight excluding hydrogens is 346 g/mol. The van der Waals surface area contributed by atoms with Crippen LogP contribution in [-0.2, 0) is 13.2 Å². The van der Waals surface area contributed by atoms with E-state index in [0.717, 1.165) is 29.2 Å². The number of aromatic nitrogens is 1. The Bertz CT molecular complexity index is 917. The van der Waals surface area contributed by atoms with Gasteiger partial charge >= 0.3 is 0 Å². The number of ether oxygens (including phenoxy) is 2. The first-order valence-corrected chi connectivity index (χ1v) is 9.67. The molecule has 0 bridgehead atoms. The summed E-state index contributed by atoms with van der Waals surface area (Å²) in [7, 11) is 1.67. The Kier molecular flexibility index (Phi) is 6.85. The summed E-state index contributed by atoms with van der Waals surface area (Å²) < 4.78 is 13.8. The zero-order valence-corrected chi connectivity index (χ0v) is 16.8. The number of rotatable bonds is 8. The standard InChI is InChI=1S/C25H28NO2/c1-20(2)18-26-16-8-7-11-23(26)14-12-21-13-15-24(27-3)25(17-21)28-19-22-9-5-4-6-10-22/h4-17,20H,18-19H2,1-3H3/q+1/b14-12+. The monoisotopic (exact) mass is 374 g/mol. The van der Waals surface area contributed by atoms with Crippen molar-refractivity contribution in [3.05, 3.63) is 89.7 Å². The van der Waals surface area contributed by atoms with Gasteiger partial charge in [-0.15, -0.1) is 0 Å². The Labute approximate surface area is 167 Å². The lowest BCUT2D eigenvalue weighted by Crippen LogP contribution is -2.38. The number of methoxy groups -OCH3 is 1. The third-order valence-electron chi connectivity index (χ3n) is 4.41. The molecule has 144 valence electrons. The van der Waals surface area contributed by atoms with Gasteiger partial charge in [0.2, 0.25) is 5.69 Å². The van der Waals surface area contributed by atoms with Gasteiger partial charge in [0.25, 0.3) is 0 Å². The van der Waals surface area contributed by atoms with E-state index in [1.165, 1.54) is 5.69 Å². The number of benzene rings is 2. The van der Waals surface area contributed by atoms with Crippen LogP contribution >= 0.6 is 0 Å². The van der Waals surface area contributed by atoms with Crippen LogP contribution in [0.5, 0.6) is 11.5 Å². The topological polar surface area (TPSA) is 22.3 Å². The lowest BCUT2D eigenvalue weighted by atomic mass is 10.1. The number of pyridine rings is 1. The van der Waals surface area contributed by atoms with Crippen LogP contribution in [0.25, 0.3) is 12.2 Å². The van der Waals surface area contributed by atoms with E-state index in [0.29, 0.717) is 12.5 Å². The van der Waals surface area contributed by atoms with Crippen molar-refractivity contribution in [1.82, 2.24) is 0 Å². The van der Waals surface area contributed by atoms with Crippen LogP contribution in [-0.4, -0.2) is 7.11 Å². The smallest absolute Gasteiger partial charge is 0.205 e. The minimum absolute atomic E-state index is 0.511. The molecule has 0 N–H and O–H groups in total. The zero-order chi connectivity index (χ0) is 19.8. The zero-order valence-electron chi connectivity index (χ0n) is 16.8. The van der Waals surface area contributed by atoms with Crippen LogP contribution in [0.2, 0.25) is 0 Å². The number of hydrogen-bond acceptors (Lipinski definition) is 2. The minimum atomic E-state index is 0.511. The molecule has 0 atom stereocenters. The summed E-state index contributed by atoms with van der Waals surface area (Å²) in [6.07, 6.45) is 6.38. The molecule has 1 aromatic heterocycles. The summed E-state index contributed by atoms with van der Waals surface area (Å²) >= 11 is 0. The van der Waals surface area contributed by atoms with Crippen molar-refractivity contribution in [2.75, 3.05) is 7.11 Å². The summed E-state index contributed by atoms with van der Waals surface area (Å²) in [6.45, 7) is 5.96. The van der Waals surface area contributed by atoms with Crippen molar-refractivity contribution in [3.63, 3.8) is 0 Å². The Balaban J connectivity index is 1.78. The van der Waals surface area contributed by atoms with Crippen LogP contribution in [0.1, 0.15) is 30.7 Å². The molecule has 3 heteroatoms. The number of hydrogen-bond donors (Lipinski definition) is 0. The SMILES string of the molecule is COc1ccc(/C=C/c2cccc[n+]2CC(C)C)cc1OCc1ccccc1. The van der Waals surface area contributed by atoms with Gasteiger partial charge in [-0.05, 0) is 35.4 Å². The average molecular weight is 375 g/mol. The highest BCUT2D eigenvalue weighted by atomic mass is 16.5. The van der Waals surface area contributed by atoms with E-state index in [4.69, 9.17) is 9.47 Å². The molecule has 28 heavy (non-hydrogen) atoms. The van der Waals surface area contributed by atoms with Crippen LogP contribution < -0.4 is 14.0 Å². The summed E-state index contributed by atoms with van der Waals surface area (Å²) in [5.74, 6) is 2.08. The highest BCUT2D eigenvalue weighted by Crippen LogP contribution is 2.29. The molecule has 0 saturated carbocycles. The van der Waals surface area contributed by atoms with Crippen LogP contribution in [0, 0.1) is 5.92 Å². The maximum atomic E-state index is 6.02. The molecule has 3 aromatic rings. The van der Waals surface area contributed by atoms with Gasteiger partial charge in [0, 0.05) is 24.1 Å². The second-order valence-electron chi connectivity index (χ2n) is 7.19. The van der Waals surface area contributed by atoms with Crippen LogP contribution in [0.15, 0.2) is 72.9 Å². The van der Waals surface area contributed by atoms with Gasteiger partial charge in [0.15, 0.2) is 24.2 Å². The molecule has 3 nitrogen and oxygen atoms in total. The lowest BCUT2D eigenvalue weighted by molar-refractivity contribution is -0.703. The van der Waals surface area contributed by atoms with Crippen molar-refractivity contribution in [1.29, 1.82) is 0 Å². The van der Waals surface area contributed by atoms with E-state index in [1.807, 2.05) is 36.4 Å².